The fourth-order valence-electron chi connectivity index (χ4n) is 9.88. The van der Waals surface area contributed by atoms with Gasteiger partial charge in [0.25, 0.3) is 5.91 Å². The Morgan fingerprint density at radius 1 is 0.831 bits per heavy atom. The molecule has 1 saturated carbocycles. The molecule has 27 heteroatoms. The zero-order chi connectivity index (χ0) is 59.4. The van der Waals surface area contributed by atoms with Gasteiger partial charge in [0.2, 0.25) is 21.9 Å². The first-order valence-electron chi connectivity index (χ1n) is 27.1. The molecule has 1 aliphatic carbocycles. The molecule has 2 fully saturated rings. The molecule has 1 aliphatic heterocycles. The molecule has 0 radical (unpaired) electrons. The lowest BCUT2D eigenvalue weighted by atomic mass is 9.49. The molecule has 450 valence electrons. The summed E-state index contributed by atoms with van der Waals surface area (Å²) in [7, 11) is -3.81. The maximum absolute atomic E-state index is 14.3. The van der Waals surface area contributed by atoms with Crippen LogP contribution in [0, 0.1) is 28.0 Å². The Hall–Kier alpha value is -5.77. The first-order valence-corrected chi connectivity index (χ1v) is 29.7. The minimum Gasteiger partial charge on any atom is -0.489 e. The lowest BCUT2D eigenvalue weighted by Gasteiger charge is -2.63. The van der Waals surface area contributed by atoms with Crippen molar-refractivity contribution in [3.63, 3.8) is 0 Å². The van der Waals surface area contributed by atoms with Crippen LogP contribution in [0.3, 0.4) is 0 Å². The Bertz CT molecular complexity index is 3020. The Kier molecular flexibility index (Phi) is 24.5. The normalized spacial score (nSPS) is 17.1. The molecule has 0 spiro atoms. The second kappa shape index (κ2) is 31.4. The van der Waals surface area contributed by atoms with Gasteiger partial charge in [-0.2, -0.15) is 10.2 Å². The molecule has 1 amide bonds. The van der Waals surface area contributed by atoms with Gasteiger partial charge in [0.1, 0.15) is 35.8 Å². The van der Waals surface area contributed by atoms with Crippen molar-refractivity contribution in [2.24, 2.45) is 16.6 Å². The van der Waals surface area contributed by atoms with E-state index in [4.69, 9.17) is 55.2 Å². The van der Waals surface area contributed by atoms with Crippen LogP contribution >= 0.6 is 27.5 Å². The van der Waals surface area contributed by atoms with Crippen molar-refractivity contribution in [3.8, 4) is 11.8 Å². The maximum Gasteiger partial charge on any atom is 0.254 e. The minimum absolute atomic E-state index is 0.0495. The highest BCUT2D eigenvalue weighted by Gasteiger charge is 2.64. The molecule has 2 aromatic heterocycles. The molecule has 7 rings (SSSR count). The highest BCUT2D eigenvalue weighted by molar-refractivity contribution is 9.10. The second-order valence-corrected chi connectivity index (χ2v) is 23.5. The maximum atomic E-state index is 14.3. The van der Waals surface area contributed by atoms with E-state index < -0.39 is 32.9 Å². The van der Waals surface area contributed by atoms with E-state index in [-0.39, 0.29) is 71.8 Å². The summed E-state index contributed by atoms with van der Waals surface area (Å²) in [5.74, 6) is 0.642. The summed E-state index contributed by atoms with van der Waals surface area (Å²) >= 11 is 9.60. The smallest absolute Gasteiger partial charge is 0.254 e. The van der Waals surface area contributed by atoms with Gasteiger partial charge in [0.05, 0.1) is 123 Å². The van der Waals surface area contributed by atoms with Crippen LogP contribution in [0.4, 0.5) is 33.5 Å². The molecule has 1 saturated heterocycles. The van der Waals surface area contributed by atoms with Crippen molar-refractivity contribution in [2.45, 2.75) is 69.9 Å². The average Bonchev–Trinajstić information content (AvgIpc) is 2.85. The van der Waals surface area contributed by atoms with E-state index in [2.05, 4.69) is 95.2 Å². The van der Waals surface area contributed by atoms with Gasteiger partial charge >= 0.3 is 0 Å². The van der Waals surface area contributed by atoms with Crippen molar-refractivity contribution >= 4 is 72.6 Å². The molecule has 23 nitrogen and oxygen atoms in total. The number of anilines is 5. The Balaban J connectivity index is 0.629. The third kappa shape index (κ3) is 18.6. The summed E-state index contributed by atoms with van der Waals surface area (Å²) in [5.41, 5.74) is 6.12. The topological polar surface area (TPSA) is 298 Å². The second-order valence-electron chi connectivity index (χ2n) is 20.5. The fraction of sp³-hybridized carbons (Fsp3) is 0.500. The number of aromatic nitrogens is 4. The van der Waals surface area contributed by atoms with E-state index in [0.29, 0.717) is 111 Å². The van der Waals surface area contributed by atoms with Crippen LogP contribution < -0.4 is 36.0 Å². The van der Waals surface area contributed by atoms with Gasteiger partial charge in [-0.05, 0) is 77.3 Å². The summed E-state index contributed by atoms with van der Waals surface area (Å²) in [6, 6.07) is 17.1. The van der Waals surface area contributed by atoms with Gasteiger partial charge in [-0.3, -0.25) is 4.79 Å². The largest absolute Gasteiger partial charge is 0.489 e. The molecule has 1 unspecified atom stereocenters. The Morgan fingerprint density at radius 3 is 1.98 bits per heavy atom. The monoisotopic (exact) mass is 1260 g/mol. The number of nitrogens with zero attached hydrogens (tertiary/aromatic N) is 6. The molecular weight excluding hydrogens is 1190 g/mol. The van der Waals surface area contributed by atoms with Crippen LogP contribution in [0.2, 0.25) is 5.02 Å². The number of amides is 1. The van der Waals surface area contributed by atoms with Crippen LogP contribution in [0.15, 0.2) is 88.6 Å². The summed E-state index contributed by atoms with van der Waals surface area (Å²) in [5, 5.41) is 28.5. The number of nitriles is 1. The summed E-state index contributed by atoms with van der Waals surface area (Å²) in [6.45, 7) is 14.7. The van der Waals surface area contributed by atoms with Crippen LogP contribution in [-0.4, -0.2) is 163 Å². The Morgan fingerprint density at radius 2 is 1.41 bits per heavy atom. The number of ether oxygens (including phenoxy) is 8. The lowest BCUT2D eigenvalue weighted by molar-refractivity contribution is -0.164. The van der Waals surface area contributed by atoms with Gasteiger partial charge in [0.15, 0.2) is 0 Å². The van der Waals surface area contributed by atoms with Crippen LogP contribution in [-0.2, 0) is 43.2 Å². The molecule has 1 atom stereocenters. The Labute approximate surface area is 496 Å². The number of piperidine rings is 1. The van der Waals surface area contributed by atoms with Crippen molar-refractivity contribution in [1.29, 1.82) is 5.26 Å². The predicted molar refractivity (Wildman–Crippen MR) is 311 cm³/mol. The number of rotatable bonds is 34. The number of carbonyl (C=O) groups excluding carboxylic acids is 1. The average molecular weight is 1260 g/mol. The van der Waals surface area contributed by atoms with Crippen LogP contribution in [0.1, 0.15) is 68.2 Å². The van der Waals surface area contributed by atoms with Crippen LogP contribution in [0.5, 0.6) is 5.75 Å². The predicted octanol–water partition coefficient (Wildman–Crippen LogP) is 6.81. The lowest BCUT2D eigenvalue weighted by Crippen LogP contribution is -2.74. The fourth-order valence-corrected chi connectivity index (χ4v) is 11.4. The zero-order valence-corrected chi connectivity index (χ0v) is 49.9. The SMILES string of the molecule is CC1(C)C(NC(=O)c2cnc(N3CCC(OCCOCCOCCOCCOCCOCCOCCNS(=O)(=O)c4ccc(Nc5ncc(Br)c(Nc6cccc(F)c6C(N)O)n5)cc4)CC3)nc2)C(C)(C)C1Oc1ccc(C#N)c(Cl)c1. The van der Waals surface area contributed by atoms with E-state index in [1.165, 1.54) is 30.5 Å². The quantitative estimate of drug-likeness (QED) is 0.0182. The van der Waals surface area contributed by atoms with Gasteiger partial charge < -0.3 is 69.6 Å². The third-order valence-electron chi connectivity index (χ3n) is 13.8. The molecular formula is C56H72BrClFN11O12S. The molecule has 0 bridgehead atoms. The van der Waals surface area contributed by atoms with Crippen molar-refractivity contribution < 1.29 is 60.6 Å². The number of hydrogen-bond donors (Lipinski definition) is 6. The van der Waals surface area contributed by atoms with E-state index in [1.807, 2.05) is 0 Å². The molecule has 3 aromatic carbocycles. The number of aliphatic hydroxyl groups excluding tert-OH is 1. The van der Waals surface area contributed by atoms with Gasteiger partial charge in [-0.1, -0.05) is 45.4 Å². The summed E-state index contributed by atoms with van der Waals surface area (Å²) in [4.78, 5) is 33.2. The van der Waals surface area contributed by atoms with E-state index >= 15 is 0 Å². The van der Waals surface area contributed by atoms with Gasteiger partial charge in [0, 0.05) is 72.5 Å². The van der Waals surface area contributed by atoms with E-state index in [1.54, 1.807) is 48.8 Å². The summed E-state index contributed by atoms with van der Waals surface area (Å²) in [6.07, 6.45) is 4.57. The summed E-state index contributed by atoms with van der Waals surface area (Å²) < 4.78 is 88.8. The number of sulfonamides is 1. The van der Waals surface area contributed by atoms with Crippen molar-refractivity contribution in [1.82, 2.24) is 30.0 Å². The highest BCUT2D eigenvalue weighted by Crippen LogP contribution is 2.55. The van der Waals surface area contributed by atoms with Gasteiger partial charge in [-0.25, -0.2) is 32.5 Å². The van der Waals surface area contributed by atoms with E-state index in [0.717, 1.165) is 25.9 Å². The first kappa shape index (κ1) is 64.8. The van der Waals surface area contributed by atoms with Gasteiger partial charge in [-0.15, -0.1) is 0 Å². The molecule has 7 N–H and O–H groups in total. The molecule has 3 heterocycles. The first-order chi connectivity index (χ1) is 39.9. The number of carbonyl (C=O) groups is 1. The number of benzene rings is 3. The van der Waals surface area contributed by atoms with Crippen LogP contribution in [0.25, 0.3) is 0 Å². The number of nitrogens with one attached hydrogen (secondary N) is 4. The third-order valence-corrected chi connectivity index (χ3v) is 16.2. The number of nitrogens with two attached hydrogens (primary N) is 1. The molecule has 5 aromatic rings. The van der Waals surface area contributed by atoms with Crippen molar-refractivity contribution in [3.05, 3.63) is 111 Å². The standard InChI is InChI=1S/C56H72BrClFN11O12S/c1-55(2)51(56(3,4)52(55)82-41-11-8-37(33-60)44(58)32-41)69-50(72)38-34-63-54(64-35-38)70-17-14-40(15-18-70)81-31-30-80-29-28-79-27-26-78-25-24-77-23-22-76-21-20-75-19-16-65-83(73,74)42-12-9-39(10-13-42)66-53-62-36-43(57)49(68-53)67-46-7-5-6-45(59)47(46)48(61)71/h5-13,32,34-36,40,48,51-52,65,71H,14-31,61H2,1-4H3,(H,69,72)(H2,62,66,67,68). The van der Waals surface area contributed by atoms with E-state index in [9.17, 15) is 28.0 Å². The number of hydrogen-bond acceptors (Lipinski definition) is 21. The minimum atomic E-state index is -3.81. The number of halogens is 3. The molecule has 2 aliphatic rings. The van der Waals surface area contributed by atoms with Crippen molar-refractivity contribution in [2.75, 3.05) is 121 Å². The molecule has 83 heavy (non-hydrogen) atoms. The number of aliphatic hydroxyl groups is 1. The highest BCUT2D eigenvalue weighted by atomic mass is 79.9. The zero-order valence-electron chi connectivity index (χ0n) is 46.8.